The molecule has 0 aromatic heterocycles. The monoisotopic (exact) mass is 223 g/mol. The van der Waals surface area contributed by atoms with E-state index in [-0.39, 0.29) is 0 Å². The molecule has 2 aliphatic rings. The van der Waals surface area contributed by atoms with Crippen molar-refractivity contribution in [3.8, 4) is 0 Å². The van der Waals surface area contributed by atoms with Crippen molar-refractivity contribution in [3.05, 3.63) is 0 Å². The van der Waals surface area contributed by atoms with Gasteiger partial charge >= 0.3 is 0 Å². The summed E-state index contributed by atoms with van der Waals surface area (Å²) in [6, 6.07) is 0. The molecule has 94 valence electrons. The average molecular weight is 223 g/mol. The van der Waals surface area contributed by atoms with Gasteiger partial charge < -0.3 is 4.90 Å². The fourth-order valence-corrected chi connectivity index (χ4v) is 3.49. The Kier molecular flexibility index (Phi) is 3.36. The Labute approximate surface area is 102 Å². The van der Waals surface area contributed by atoms with Crippen molar-refractivity contribution in [2.75, 3.05) is 20.1 Å². The number of rotatable bonds is 5. The van der Waals surface area contributed by atoms with Gasteiger partial charge in [-0.2, -0.15) is 0 Å². The molecule has 16 heavy (non-hydrogen) atoms. The van der Waals surface area contributed by atoms with Crippen LogP contribution in [0.2, 0.25) is 0 Å². The molecule has 0 spiro atoms. The highest BCUT2D eigenvalue weighted by Crippen LogP contribution is 2.52. The van der Waals surface area contributed by atoms with Crippen LogP contribution in [0.5, 0.6) is 0 Å². The van der Waals surface area contributed by atoms with Crippen molar-refractivity contribution < 1.29 is 0 Å². The molecule has 1 saturated heterocycles. The number of hydrogen-bond donors (Lipinski definition) is 0. The minimum Gasteiger partial charge on any atom is -0.306 e. The van der Waals surface area contributed by atoms with Gasteiger partial charge in [0.25, 0.3) is 0 Å². The largest absolute Gasteiger partial charge is 0.306 e. The molecule has 1 heterocycles. The molecule has 1 heteroatoms. The maximum Gasteiger partial charge on any atom is 0.00241 e. The first kappa shape index (κ1) is 12.4. The molecular formula is C15H29N. The topological polar surface area (TPSA) is 3.24 Å². The third-order valence-electron chi connectivity index (χ3n) is 4.80. The Bertz CT molecular complexity index is 238. The summed E-state index contributed by atoms with van der Waals surface area (Å²) in [6.45, 7) is 12.4. The summed E-state index contributed by atoms with van der Waals surface area (Å²) in [5, 5.41) is 0. The van der Waals surface area contributed by atoms with Gasteiger partial charge in [0.15, 0.2) is 0 Å². The van der Waals surface area contributed by atoms with E-state index in [0.29, 0.717) is 5.41 Å². The predicted octanol–water partition coefficient (Wildman–Crippen LogP) is 3.65. The van der Waals surface area contributed by atoms with Gasteiger partial charge in [0, 0.05) is 13.1 Å². The van der Waals surface area contributed by atoms with Crippen molar-refractivity contribution in [1.29, 1.82) is 0 Å². The van der Waals surface area contributed by atoms with Crippen LogP contribution in [0.15, 0.2) is 0 Å². The van der Waals surface area contributed by atoms with Crippen LogP contribution in [0.25, 0.3) is 0 Å². The highest BCUT2D eigenvalue weighted by molar-refractivity contribution is 4.96. The highest BCUT2D eigenvalue weighted by Gasteiger charge is 2.45. The second-order valence-corrected chi connectivity index (χ2v) is 7.50. The normalized spacial score (nSPS) is 31.9. The zero-order valence-electron chi connectivity index (χ0n) is 11.8. The molecule has 1 nitrogen and oxygen atoms in total. The molecule has 0 aromatic carbocycles. The molecule has 0 N–H and O–H groups in total. The minimum atomic E-state index is 0.586. The number of hydrogen-bond acceptors (Lipinski definition) is 1. The average Bonchev–Trinajstić information content (AvgIpc) is 2.75. The van der Waals surface area contributed by atoms with Crippen molar-refractivity contribution in [2.45, 2.75) is 47.0 Å². The van der Waals surface area contributed by atoms with E-state index < -0.39 is 0 Å². The van der Waals surface area contributed by atoms with Crippen molar-refractivity contribution in [2.24, 2.45) is 29.1 Å². The van der Waals surface area contributed by atoms with Crippen LogP contribution in [0.1, 0.15) is 47.0 Å². The third-order valence-corrected chi connectivity index (χ3v) is 4.80. The van der Waals surface area contributed by atoms with Crippen LogP contribution in [0, 0.1) is 29.1 Å². The quantitative estimate of drug-likeness (QED) is 0.688. The second kappa shape index (κ2) is 4.33. The number of nitrogens with zero attached hydrogens (tertiary/aromatic N) is 1. The van der Waals surface area contributed by atoms with Crippen LogP contribution in [-0.2, 0) is 0 Å². The van der Waals surface area contributed by atoms with Gasteiger partial charge in [0.2, 0.25) is 0 Å². The Hall–Kier alpha value is -0.0400. The van der Waals surface area contributed by atoms with Crippen LogP contribution in [0.3, 0.4) is 0 Å². The molecule has 2 rings (SSSR count). The van der Waals surface area contributed by atoms with Gasteiger partial charge in [-0.3, -0.25) is 0 Å². The minimum absolute atomic E-state index is 0.586. The van der Waals surface area contributed by atoms with E-state index in [4.69, 9.17) is 0 Å². The first-order chi connectivity index (χ1) is 7.38. The molecule has 2 atom stereocenters. The van der Waals surface area contributed by atoms with Gasteiger partial charge in [-0.15, -0.1) is 0 Å². The van der Waals surface area contributed by atoms with Crippen molar-refractivity contribution in [1.82, 2.24) is 4.90 Å². The molecule has 2 unspecified atom stereocenters. The van der Waals surface area contributed by atoms with Crippen molar-refractivity contribution >= 4 is 0 Å². The molecule has 1 saturated carbocycles. The molecule has 0 amide bonds. The van der Waals surface area contributed by atoms with Gasteiger partial charge in [0.1, 0.15) is 0 Å². The maximum atomic E-state index is 2.50. The molecular weight excluding hydrogens is 194 g/mol. The van der Waals surface area contributed by atoms with Gasteiger partial charge in [-0.05, 0) is 55.4 Å². The summed E-state index contributed by atoms with van der Waals surface area (Å²) in [5.74, 6) is 3.98. The standard InChI is InChI=1S/C15H29N/c1-11(2)6-12-7-13(12)8-15(3,4)14-9-16(5)10-14/h11-14H,6-10H2,1-5H3. The fraction of sp³-hybridized carbons (Fsp3) is 1.00. The first-order valence-corrected chi connectivity index (χ1v) is 7.07. The van der Waals surface area contributed by atoms with E-state index in [1.165, 1.54) is 32.4 Å². The SMILES string of the molecule is CC(C)CC1CC1CC(C)(C)C1CN(C)C1. The summed E-state index contributed by atoms with van der Waals surface area (Å²) in [5.41, 5.74) is 0.586. The summed E-state index contributed by atoms with van der Waals surface area (Å²) < 4.78 is 0. The maximum absolute atomic E-state index is 2.50. The van der Waals surface area contributed by atoms with Crippen LogP contribution in [0.4, 0.5) is 0 Å². The lowest BCUT2D eigenvalue weighted by Gasteiger charge is -2.46. The van der Waals surface area contributed by atoms with E-state index >= 15 is 0 Å². The molecule has 2 fully saturated rings. The smallest absolute Gasteiger partial charge is 0.00241 e. The van der Waals surface area contributed by atoms with Crippen LogP contribution >= 0.6 is 0 Å². The Morgan fingerprint density at radius 3 is 2.31 bits per heavy atom. The van der Waals surface area contributed by atoms with E-state index in [1.807, 2.05) is 0 Å². The van der Waals surface area contributed by atoms with E-state index in [1.54, 1.807) is 0 Å². The lowest BCUT2D eigenvalue weighted by Crippen LogP contribution is -2.50. The second-order valence-electron chi connectivity index (χ2n) is 7.50. The van der Waals surface area contributed by atoms with Gasteiger partial charge in [0.05, 0.1) is 0 Å². The summed E-state index contributed by atoms with van der Waals surface area (Å²) in [4.78, 5) is 2.45. The molecule has 1 aliphatic heterocycles. The summed E-state index contributed by atoms with van der Waals surface area (Å²) in [7, 11) is 2.24. The first-order valence-electron chi connectivity index (χ1n) is 7.07. The van der Waals surface area contributed by atoms with Gasteiger partial charge in [-0.1, -0.05) is 27.7 Å². The Morgan fingerprint density at radius 1 is 1.19 bits per heavy atom. The molecule has 0 bridgehead atoms. The zero-order valence-corrected chi connectivity index (χ0v) is 11.8. The predicted molar refractivity (Wildman–Crippen MR) is 70.4 cm³/mol. The Morgan fingerprint density at radius 2 is 1.81 bits per heavy atom. The van der Waals surface area contributed by atoms with Gasteiger partial charge in [-0.25, -0.2) is 0 Å². The number of likely N-dealkylation sites (tertiary alicyclic amines) is 1. The van der Waals surface area contributed by atoms with E-state index in [9.17, 15) is 0 Å². The van der Waals surface area contributed by atoms with E-state index in [2.05, 4.69) is 39.6 Å². The zero-order chi connectivity index (χ0) is 11.9. The Balaban J connectivity index is 1.73. The summed E-state index contributed by atoms with van der Waals surface area (Å²) in [6.07, 6.45) is 4.46. The third kappa shape index (κ3) is 2.80. The van der Waals surface area contributed by atoms with Crippen LogP contribution in [-0.4, -0.2) is 25.0 Å². The summed E-state index contributed by atoms with van der Waals surface area (Å²) >= 11 is 0. The lowest BCUT2D eigenvalue weighted by molar-refractivity contribution is 0.0252. The highest BCUT2D eigenvalue weighted by atomic mass is 15.2. The fourth-order valence-electron chi connectivity index (χ4n) is 3.49. The molecule has 0 radical (unpaired) electrons. The molecule has 0 aromatic rings. The lowest BCUT2D eigenvalue weighted by atomic mass is 9.71. The van der Waals surface area contributed by atoms with Crippen LogP contribution < -0.4 is 0 Å². The molecule has 1 aliphatic carbocycles. The van der Waals surface area contributed by atoms with Crippen molar-refractivity contribution in [3.63, 3.8) is 0 Å². The van der Waals surface area contributed by atoms with E-state index in [0.717, 1.165) is 23.7 Å².